The highest BCUT2D eigenvalue weighted by molar-refractivity contribution is 7.90. The highest BCUT2D eigenvalue weighted by Gasteiger charge is 2.25. The summed E-state index contributed by atoms with van der Waals surface area (Å²) >= 11 is 6.35. The lowest BCUT2D eigenvalue weighted by atomic mass is 10.0. The number of unbranched alkanes of at least 4 members (excludes halogenated alkanes) is 1. The number of benzene rings is 1. The summed E-state index contributed by atoms with van der Waals surface area (Å²) in [4.78, 5) is 4.61. The summed E-state index contributed by atoms with van der Waals surface area (Å²) < 4.78 is 29.3. The Bertz CT molecular complexity index is 1410. The van der Waals surface area contributed by atoms with Gasteiger partial charge in [0.25, 0.3) is 0 Å². The van der Waals surface area contributed by atoms with E-state index >= 15 is 0 Å². The van der Waals surface area contributed by atoms with Crippen LogP contribution in [0.5, 0.6) is 0 Å². The number of nitriles is 1. The van der Waals surface area contributed by atoms with Crippen molar-refractivity contribution in [3.8, 4) is 17.3 Å². The Labute approximate surface area is 204 Å². The number of nitrogens with zero attached hydrogens (tertiary/aromatic N) is 4. The molecule has 0 saturated heterocycles. The summed E-state index contributed by atoms with van der Waals surface area (Å²) in [5, 5.41) is 16.5. The molecule has 0 spiro atoms. The van der Waals surface area contributed by atoms with E-state index in [0.717, 1.165) is 5.56 Å². The molecule has 4 rings (SSSR count). The van der Waals surface area contributed by atoms with E-state index in [-0.39, 0.29) is 6.42 Å². The van der Waals surface area contributed by atoms with Gasteiger partial charge in [-0.1, -0.05) is 42.0 Å². The van der Waals surface area contributed by atoms with E-state index in [1.807, 2.05) is 30.3 Å². The van der Waals surface area contributed by atoms with Crippen LogP contribution in [0.1, 0.15) is 19.3 Å². The van der Waals surface area contributed by atoms with Gasteiger partial charge in [0.15, 0.2) is 5.65 Å². The number of hydrogen-bond donors (Lipinski definition) is 2. The largest absolute Gasteiger partial charge is 0.370 e. The molecular formula is C23H22BClN6O2S. The molecular weight excluding hydrogens is 471 g/mol. The molecule has 2 N–H and O–H groups in total. The van der Waals surface area contributed by atoms with Crippen molar-refractivity contribution in [2.75, 3.05) is 18.4 Å². The third-order valence-corrected chi connectivity index (χ3v) is 7.51. The summed E-state index contributed by atoms with van der Waals surface area (Å²) in [7, 11) is 2.52. The first-order chi connectivity index (χ1) is 16.4. The van der Waals surface area contributed by atoms with E-state index < -0.39 is 15.3 Å². The van der Waals surface area contributed by atoms with Crippen molar-refractivity contribution in [2.45, 2.75) is 24.5 Å². The first-order valence-corrected chi connectivity index (χ1v) is 12.7. The first-order valence-electron chi connectivity index (χ1n) is 10.8. The number of halogens is 1. The summed E-state index contributed by atoms with van der Waals surface area (Å²) in [6, 6.07) is 11.3. The van der Waals surface area contributed by atoms with Crippen LogP contribution in [0, 0.1) is 11.3 Å². The molecule has 1 aromatic carbocycles. The van der Waals surface area contributed by atoms with Gasteiger partial charge < -0.3 is 5.32 Å². The van der Waals surface area contributed by atoms with Crippen LogP contribution in [-0.2, 0) is 10.0 Å². The van der Waals surface area contributed by atoms with Crippen molar-refractivity contribution in [3.63, 3.8) is 0 Å². The fourth-order valence-electron chi connectivity index (χ4n) is 3.65. The second-order valence-corrected chi connectivity index (χ2v) is 10.2. The lowest BCUT2D eigenvalue weighted by molar-refractivity contribution is 0.569. The maximum atomic E-state index is 12.5. The molecule has 34 heavy (non-hydrogen) atoms. The van der Waals surface area contributed by atoms with Gasteiger partial charge in [-0.2, -0.15) is 14.9 Å². The lowest BCUT2D eigenvalue weighted by Gasteiger charge is -2.16. The minimum absolute atomic E-state index is 0.197. The Morgan fingerprint density at radius 3 is 2.85 bits per heavy atom. The molecule has 1 unspecified atom stereocenters. The third kappa shape index (κ3) is 5.33. The van der Waals surface area contributed by atoms with E-state index in [1.165, 1.54) is 0 Å². The van der Waals surface area contributed by atoms with Crippen molar-refractivity contribution in [2.24, 2.45) is 0 Å². The molecule has 0 fully saturated rings. The van der Waals surface area contributed by atoms with Crippen molar-refractivity contribution < 1.29 is 8.42 Å². The topological polar surface area (TPSA) is 112 Å². The van der Waals surface area contributed by atoms with E-state index in [9.17, 15) is 8.42 Å². The van der Waals surface area contributed by atoms with Gasteiger partial charge in [-0.05, 0) is 30.4 Å². The molecule has 0 amide bonds. The molecule has 1 aliphatic rings. The monoisotopic (exact) mass is 492 g/mol. The Morgan fingerprint density at radius 1 is 1.26 bits per heavy atom. The fourth-order valence-corrected chi connectivity index (χ4v) is 5.22. The number of rotatable bonds is 9. The average Bonchev–Trinajstić information content (AvgIpc) is 3.22. The van der Waals surface area contributed by atoms with Crippen LogP contribution < -0.4 is 15.5 Å². The van der Waals surface area contributed by atoms with E-state index in [2.05, 4.69) is 20.1 Å². The molecule has 2 heterocycles. The number of aromatic nitrogens is 3. The molecule has 1 atom stereocenters. The smallest absolute Gasteiger partial charge is 0.218 e. The van der Waals surface area contributed by atoms with Crippen LogP contribution in [0.15, 0.2) is 60.3 Å². The predicted octanol–water partition coefficient (Wildman–Crippen LogP) is 2.73. The number of allylic oxidation sites excluding steroid dienone is 3. The zero-order valence-electron chi connectivity index (χ0n) is 18.3. The molecule has 2 aromatic heterocycles. The average molecular weight is 493 g/mol. The number of hydrogen-bond acceptors (Lipinski definition) is 6. The van der Waals surface area contributed by atoms with E-state index in [4.69, 9.17) is 24.7 Å². The quantitative estimate of drug-likeness (QED) is 0.351. The summed E-state index contributed by atoms with van der Waals surface area (Å²) in [5.74, 6) is 0.709. The highest BCUT2D eigenvalue weighted by atomic mass is 35.5. The maximum absolute atomic E-state index is 12.5. The Hall–Kier alpha value is -3.13. The van der Waals surface area contributed by atoms with Crippen LogP contribution in [0.25, 0.3) is 16.9 Å². The minimum Gasteiger partial charge on any atom is -0.370 e. The Kier molecular flexibility index (Phi) is 7.36. The van der Waals surface area contributed by atoms with Crippen molar-refractivity contribution in [1.82, 2.24) is 19.3 Å². The van der Waals surface area contributed by atoms with Gasteiger partial charge in [-0.3, -0.25) is 0 Å². The van der Waals surface area contributed by atoms with Gasteiger partial charge >= 0.3 is 0 Å². The minimum atomic E-state index is -3.53. The van der Waals surface area contributed by atoms with Gasteiger partial charge in [-0.15, -0.1) is 0 Å². The van der Waals surface area contributed by atoms with Crippen LogP contribution in [-0.4, -0.2) is 49.2 Å². The van der Waals surface area contributed by atoms with Gasteiger partial charge in [-0.25, -0.2) is 18.1 Å². The SMILES string of the molecule is [B]c1cnn2c(NCCCCNS(=O)(=O)C3C=CC=C(C#N)C3)cc(-c3ccccc3Cl)nc12. The van der Waals surface area contributed by atoms with E-state index in [1.54, 1.807) is 35.0 Å². The first kappa shape index (κ1) is 24.0. The zero-order valence-corrected chi connectivity index (χ0v) is 19.9. The highest BCUT2D eigenvalue weighted by Crippen LogP contribution is 2.28. The van der Waals surface area contributed by atoms with Crippen LogP contribution >= 0.6 is 11.6 Å². The lowest BCUT2D eigenvalue weighted by Crippen LogP contribution is -2.34. The molecule has 1 aliphatic carbocycles. The second-order valence-electron chi connectivity index (χ2n) is 7.85. The molecule has 3 aromatic rings. The normalized spacial score (nSPS) is 15.8. The molecule has 0 aliphatic heterocycles. The van der Waals surface area contributed by atoms with Crippen LogP contribution in [0.3, 0.4) is 0 Å². The van der Waals surface area contributed by atoms with Crippen molar-refractivity contribution in [1.29, 1.82) is 5.26 Å². The van der Waals surface area contributed by atoms with E-state index in [0.29, 0.717) is 59.1 Å². The summed E-state index contributed by atoms with van der Waals surface area (Å²) in [6.45, 7) is 0.901. The van der Waals surface area contributed by atoms with Gasteiger partial charge in [0.2, 0.25) is 10.0 Å². The number of nitrogens with one attached hydrogen (secondary N) is 2. The second kappa shape index (κ2) is 10.4. The number of fused-ring (bicyclic) bond motifs is 1. The predicted molar refractivity (Wildman–Crippen MR) is 135 cm³/mol. The molecule has 0 bridgehead atoms. The molecule has 2 radical (unpaired) electrons. The van der Waals surface area contributed by atoms with Crippen LogP contribution in [0.4, 0.5) is 5.82 Å². The van der Waals surface area contributed by atoms with Gasteiger partial charge in [0.1, 0.15) is 13.7 Å². The standard InChI is InChI=1S/C23H22BClN6O2S/c24-19-15-28-31-22(13-21(30-23(19)31)18-8-1-2-9-20(18)25)27-10-3-4-11-29-34(32,33)17-7-5-6-16(12-17)14-26/h1-2,5-9,13,15,17,27,29H,3-4,10-12H2. The van der Waals surface area contributed by atoms with Gasteiger partial charge in [0.05, 0.1) is 17.0 Å². The summed E-state index contributed by atoms with van der Waals surface area (Å²) in [6.07, 6.45) is 7.95. The molecule has 11 heteroatoms. The maximum Gasteiger partial charge on any atom is 0.218 e. The van der Waals surface area contributed by atoms with Crippen LogP contribution in [0.2, 0.25) is 5.02 Å². The molecule has 8 nitrogen and oxygen atoms in total. The Morgan fingerprint density at radius 2 is 2.06 bits per heavy atom. The van der Waals surface area contributed by atoms with Crippen molar-refractivity contribution in [3.05, 3.63) is 65.4 Å². The molecule has 172 valence electrons. The zero-order chi connectivity index (χ0) is 24.1. The molecule has 0 saturated carbocycles. The third-order valence-electron chi connectivity index (χ3n) is 5.45. The van der Waals surface area contributed by atoms with Crippen molar-refractivity contribution >= 4 is 46.4 Å². The number of sulfonamides is 1. The van der Waals surface area contributed by atoms with Gasteiger partial charge in [0, 0.05) is 47.9 Å². The Balaban J connectivity index is 1.35. The number of anilines is 1. The summed E-state index contributed by atoms with van der Waals surface area (Å²) in [5.41, 5.74) is 2.90. The fraction of sp³-hybridized carbons (Fsp3) is 0.261.